The zero-order valence-electron chi connectivity index (χ0n) is 14.1. The molecule has 0 amide bonds. The Bertz CT molecular complexity index is 966. The van der Waals surface area contributed by atoms with Crippen LogP contribution < -0.4 is 4.72 Å². The van der Waals surface area contributed by atoms with Gasteiger partial charge in [-0.05, 0) is 24.1 Å². The molecule has 1 heterocycles. The minimum Gasteiger partial charge on any atom is -0.339 e. The molecular formula is C18H19N3O3S. The molecule has 0 saturated heterocycles. The molecule has 0 fully saturated rings. The Labute approximate surface area is 147 Å². The highest BCUT2D eigenvalue weighted by atomic mass is 32.2. The molecule has 6 nitrogen and oxygen atoms in total. The second kappa shape index (κ2) is 7.16. The molecule has 0 aliphatic rings. The standard InChI is InChI=1S/C18H19N3O3S/c1-3-17-20-18(21-24-17)15-10-9-13(2)16(11-15)25(22,23)19-12-14-7-5-4-6-8-14/h4-11,19H,3,12H2,1-2H3. The molecule has 0 unspecified atom stereocenters. The minimum atomic E-state index is -3.65. The van der Waals surface area contributed by atoms with Gasteiger partial charge in [0.25, 0.3) is 0 Å². The summed E-state index contributed by atoms with van der Waals surface area (Å²) in [6.07, 6.45) is 0.628. The third-order valence-corrected chi connectivity index (χ3v) is 5.36. The summed E-state index contributed by atoms with van der Waals surface area (Å²) < 4.78 is 33.1. The Kier molecular flexibility index (Phi) is 4.96. The van der Waals surface area contributed by atoms with Crippen LogP contribution in [0.25, 0.3) is 11.4 Å². The molecule has 130 valence electrons. The van der Waals surface area contributed by atoms with Crippen molar-refractivity contribution >= 4 is 10.0 Å². The highest BCUT2D eigenvalue weighted by Crippen LogP contribution is 2.23. The summed E-state index contributed by atoms with van der Waals surface area (Å²) in [7, 11) is -3.65. The first-order valence-corrected chi connectivity index (χ1v) is 9.45. The Hall–Kier alpha value is -2.51. The van der Waals surface area contributed by atoms with E-state index in [0.717, 1.165) is 5.56 Å². The number of hydrogen-bond donors (Lipinski definition) is 1. The number of nitrogens with zero attached hydrogens (tertiary/aromatic N) is 2. The van der Waals surface area contributed by atoms with Crippen LogP contribution in [0.5, 0.6) is 0 Å². The molecule has 25 heavy (non-hydrogen) atoms. The number of nitrogens with one attached hydrogen (secondary N) is 1. The van der Waals surface area contributed by atoms with Crippen molar-refractivity contribution in [1.29, 1.82) is 0 Å². The summed E-state index contributed by atoms with van der Waals surface area (Å²) in [5, 5.41) is 3.90. The van der Waals surface area contributed by atoms with Crippen LogP contribution in [0.3, 0.4) is 0 Å². The SMILES string of the molecule is CCc1nc(-c2ccc(C)c(S(=O)(=O)NCc3ccccc3)c2)no1. The smallest absolute Gasteiger partial charge is 0.241 e. The third-order valence-electron chi connectivity index (χ3n) is 3.82. The van der Waals surface area contributed by atoms with Gasteiger partial charge in [0.05, 0.1) is 4.90 Å². The van der Waals surface area contributed by atoms with Gasteiger partial charge in [0.15, 0.2) is 0 Å². The minimum absolute atomic E-state index is 0.212. The van der Waals surface area contributed by atoms with Crippen molar-refractivity contribution in [2.24, 2.45) is 0 Å². The van der Waals surface area contributed by atoms with Crippen molar-refractivity contribution in [3.63, 3.8) is 0 Å². The summed E-state index contributed by atoms with van der Waals surface area (Å²) >= 11 is 0. The number of aryl methyl sites for hydroxylation is 2. The van der Waals surface area contributed by atoms with E-state index < -0.39 is 10.0 Å². The van der Waals surface area contributed by atoms with Crippen molar-refractivity contribution in [2.75, 3.05) is 0 Å². The van der Waals surface area contributed by atoms with Gasteiger partial charge >= 0.3 is 0 Å². The molecule has 1 aromatic heterocycles. The molecule has 0 spiro atoms. The largest absolute Gasteiger partial charge is 0.339 e. The molecule has 0 atom stereocenters. The normalized spacial score (nSPS) is 11.6. The molecule has 3 aromatic rings. The number of hydrogen-bond acceptors (Lipinski definition) is 5. The van der Waals surface area contributed by atoms with Crippen LogP contribution in [-0.2, 0) is 23.0 Å². The van der Waals surface area contributed by atoms with Gasteiger partial charge in [-0.3, -0.25) is 0 Å². The van der Waals surface area contributed by atoms with Crippen LogP contribution in [-0.4, -0.2) is 18.6 Å². The van der Waals surface area contributed by atoms with Crippen molar-refractivity contribution in [3.05, 3.63) is 65.5 Å². The van der Waals surface area contributed by atoms with Gasteiger partial charge in [0.2, 0.25) is 21.7 Å². The monoisotopic (exact) mass is 357 g/mol. The maximum atomic E-state index is 12.7. The zero-order chi connectivity index (χ0) is 17.9. The van der Waals surface area contributed by atoms with E-state index in [1.54, 1.807) is 25.1 Å². The van der Waals surface area contributed by atoms with E-state index in [-0.39, 0.29) is 11.4 Å². The summed E-state index contributed by atoms with van der Waals surface area (Å²) in [5.74, 6) is 0.901. The quantitative estimate of drug-likeness (QED) is 0.733. The second-order valence-electron chi connectivity index (χ2n) is 5.66. The fourth-order valence-electron chi connectivity index (χ4n) is 2.40. The average molecular weight is 357 g/mol. The Morgan fingerprint density at radius 1 is 1.12 bits per heavy atom. The summed E-state index contributed by atoms with van der Waals surface area (Å²) in [5.41, 5.74) is 2.16. The Morgan fingerprint density at radius 3 is 2.56 bits per heavy atom. The maximum Gasteiger partial charge on any atom is 0.241 e. The first-order chi connectivity index (χ1) is 12.0. The summed E-state index contributed by atoms with van der Waals surface area (Å²) in [6.45, 7) is 3.90. The molecule has 2 aromatic carbocycles. The molecule has 0 bridgehead atoms. The summed E-state index contributed by atoms with van der Waals surface area (Å²) in [4.78, 5) is 4.46. The van der Waals surface area contributed by atoms with Crippen LogP contribution in [0.15, 0.2) is 57.9 Å². The van der Waals surface area contributed by atoms with E-state index >= 15 is 0 Å². The van der Waals surface area contributed by atoms with Crippen LogP contribution >= 0.6 is 0 Å². The van der Waals surface area contributed by atoms with E-state index in [4.69, 9.17) is 4.52 Å². The fourth-order valence-corrected chi connectivity index (χ4v) is 3.68. The van der Waals surface area contributed by atoms with E-state index in [0.29, 0.717) is 29.3 Å². The number of rotatable bonds is 6. The molecule has 0 radical (unpaired) electrons. The van der Waals surface area contributed by atoms with Gasteiger partial charge in [-0.2, -0.15) is 4.98 Å². The van der Waals surface area contributed by atoms with E-state index in [1.165, 1.54) is 0 Å². The topological polar surface area (TPSA) is 85.1 Å². The lowest BCUT2D eigenvalue weighted by molar-refractivity contribution is 0.383. The zero-order valence-corrected chi connectivity index (χ0v) is 14.9. The highest BCUT2D eigenvalue weighted by molar-refractivity contribution is 7.89. The molecule has 3 rings (SSSR count). The van der Waals surface area contributed by atoms with Gasteiger partial charge in [0.1, 0.15) is 0 Å². The molecule has 0 saturated carbocycles. The number of aromatic nitrogens is 2. The lowest BCUT2D eigenvalue weighted by atomic mass is 10.1. The van der Waals surface area contributed by atoms with Crippen molar-refractivity contribution < 1.29 is 12.9 Å². The van der Waals surface area contributed by atoms with Crippen molar-refractivity contribution in [2.45, 2.75) is 31.7 Å². The van der Waals surface area contributed by atoms with Crippen LogP contribution in [0.4, 0.5) is 0 Å². The number of sulfonamides is 1. The third kappa shape index (κ3) is 3.94. The molecule has 0 aliphatic heterocycles. The molecule has 1 N–H and O–H groups in total. The lowest BCUT2D eigenvalue weighted by Gasteiger charge is -2.10. The number of benzene rings is 2. The average Bonchev–Trinajstić information content (AvgIpc) is 3.10. The second-order valence-corrected chi connectivity index (χ2v) is 7.39. The van der Waals surface area contributed by atoms with E-state index in [2.05, 4.69) is 14.9 Å². The lowest BCUT2D eigenvalue weighted by Crippen LogP contribution is -2.24. The fraction of sp³-hybridized carbons (Fsp3) is 0.222. The van der Waals surface area contributed by atoms with Gasteiger partial charge in [-0.15, -0.1) is 0 Å². The van der Waals surface area contributed by atoms with Gasteiger partial charge in [-0.25, -0.2) is 13.1 Å². The van der Waals surface area contributed by atoms with E-state index in [1.807, 2.05) is 37.3 Å². The van der Waals surface area contributed by atoms with Gasteiger partial charge in [-0.1, -0.05) is 54.5 Å². The molecule has 7 heteroatoms. The highest BCUT2D eigenvalue weighted by Gasteiger charge is 2.19. The van der Waals surface area contributed by atoms with Gasteiger partial charge < -0.3 is 4.52 Å². The first kappa shape index (κ1) is 17.3. The molecular weight excluding hydrogens is 338 g/mol. The Morgan fingerprint density at radius 2 is 1.88 bits per heavy atom. The van der Waals surface area contributed by atoms with E-state index in [9.17, 15) is 8.42 Å². The Balaban J connectivity index is 1.88. The first-order valence-electron chi connectivity index (χ1n) is 7.97. The maximum absolute atomic E-state index is 12.7. The van der Waals surface area contributed by atoms with Gasteiger partial charge in [0, 0.05) is 18.5 Å². The predicted octanol–water partition coefficient (Wildman–Crippen LogP) is 3.09. The van der Waals surface area contributed by atoms with Crippen LogP contribution in [0.1, 0.15) is 23.9 Å². The van der Waals surface area contributed by atoms with Crippen LogP contribution in [0, 0.1) is 6.92 Å². The van der Waals surface area contributed by atoms with Crippen molar-refractivity contribution in [3.8, 4) is 11.4 Å². The predicted molar refractivity (Wildman–Crippen MR) is 94.3 cm³/mol. The molecule has 0 aliphatic carbocycles. The van der Waals surface area contributed by atoms with Crippen LogP contribution in [0.2, 0.25) is 0 Å². The summed E-state index contributed by atoms with van der Waals surface area (Å²) in [6, 6.07) is 14.5. The van der Waals surface area contributed by atoms with Crippen molar-refractivity contribution in [1.82, 2.24) is 14.9 Å².